The lowest BCUT2D eigenvalue weighted by molar-refractivity contribution is 0.102. The van der Waals surface area contributed by atoms with Crippen molar-refractivity contribution in [2.75, 3.05) is 39.6 Å². The topological polar surface area (TPSA) is 63.8 Å². The molecule has 27 heavy (non-hydrogen) atoms. The highest BCUT2D eigenvalue weighted by Gasteiger charge is 2.26. The maximum absolute atomic E-state index is 9.56. The van der Waals surface area contributed by atoms with Crippen LogP contribution in [0.4, 0.5) is 0 Å². The van der Waals surface area contributed by atoms with Crippen LogP contribution in [0.5, 0.6) is 5.75 Å². The number of aromatic hydroxyl groups is 1. The van der Waals surface area contributed by atoms with Gasteiger partial charge in [-0.25, -0.2) is 0 Å². The van der Waals surface area contributed by atoms with Gasteiger partial charge in [0.1, 0.15) is 18.0 Å². The Morgan fingerprint density at radius 2 is 1.33 bits per heavy atom. The minimum Gasteiger partial charge on any atom is -0.507 e. The van der Waals surface area contributed by atoms with E-state index in [0.29, 0.717) is 18.0 Å². The molecule has 4 rings (SSSR count). The zero-order valence-corrected chi connectivity index (χ0v) is 16.2. The highest BCUT2D eigenvalue weighted by molar-refractivity contribution is 5.69. The molecule has 0 saturated carbocycles. The molecule has 2 unspecified atom stereocenters. The summed E-state index contributed by atoms with van der Waals surface area (Å²) < 4.78 is 20.0. The van der Waals surface area contributed by atoms with Gasteiger partial charge >= 0.3 is 0 Å². The summed E-state index contributed by atoms with van der Waals surface area (Å²) >= 11 is 0. The van der Waals surface area contributed by atoms with Crippen LogP contribution < -0.4 is 0 Å². The average Bonchev–Trinajstić information content (AvgIpc) is 3.61. The summed E-state index contributed by atoms with van der Waals surface area (Å²) in [7, 11) is 0. The third kappa shape index (κ3) is 9.54. The molecule has 1 N–H and O–H groups in total. The molecule has 5 heteroatoms. The van der Waals surface area contributed by atoms with E-state index in [4.69, 9.17) is 18.9 Å². The second-order valence-corrected chi connectivity index (χ2v) is 6.11. The van der Waals surface area contributed by atoms with Gasteiger partial charge in [0.15, 0.2) is 0 Å². The lowest BCUT2D eigenvalue weighted by Crippen LogP contribution is -2.06. The van der Waals surface area contributed by atoms with E-state index in [-0.39, 0.29) is 0 Å². The normalized spacial score (nSPS) is 19.2. The Balaban J connectivity index is 0.000000162. The maximum atomic E-state index is 9.56. The number of ether oxygens (including phenoxy) is 4. The van der Waals surface area contributed by atoms with Crippen molar-refractivity contribution >= 4 is 0 Å². The van der Waals surface area contributed by atoms with Crippen molar-refractivity contribution < 1.29 is 24.1 Å². The van der Waals surface area contributed by atoms with Crippen molar-refractivity contribution in [1.82, 2.24) is 0 Å². The van der Waals surface area contributed by atoms with Gasteiger partial charge < -0.3 is 24.1 Å². The lowest BCUT2D eigenvalue weighted by Gasteiger charge is -2.02. The Kier molecular flexibility index (Phi) is 9.87. The Bertz CT molecular complexity index is 610. The standard InChI is InChI=1S/C12H10O.C6H10O3.C4H10O/c13-12-9-5-4-8-11(12)10-6-2-1-3-7-10;1(5-3-8-5)7-2-6-4-9-6;1-3-5-4-2/h1-9,13H;5-6H,1-4H2;3-4H2,1-2H3. The third-order valence-corrected chi connectivity index (χ3v) is 3.81. The predicted octanol–water partition coefficient (Wildman–Crippen LogP) is 3.90. The fourth-order valence-corrected chi connectivity index (χ4v) is 2.20. The van der Waals surface area contributed by atoms with E-state index in [1.54, 1.807) is 6.07 Å². The fourth-order valence-electron chi connectivity index (χ4n) is 2.20. The first-order valence-electron chi connectivity index (χ1n) is 9.46. The van der Waals surface area contributed by atoms with Crippen molar-refractivity contribution in [3.63, 3.8) is 0 Å². The summed E-state index contributed by atoms with van der Waals surface area (Å²) in [6.45, 7) is 8.93. The molecule has 0 spiro atoms. The summed E-state index contributed by atoms with van der Waals surface area (Å²) in [6, 6.07) is 17.2. The van der Waals surface area contributed by atoms with Crippen molar-refractivity contribution in [2.45, 2.75) is 26.1 Å². The molecule has 5 nitrogen and oxygen atoms in total. The van der Waals surface area contributed by atoms with E-state index in [1.165, 1.54) is 0 Å². The summed E-state index contributed by atoms with van der Waals surface area (Å²) in [5.41, 5.74) is 1.92. The van der Waals surface area contributed by atoms with Gasteiger partial charge in [-0.2, -0.15) is 0 Å². The molecule has 148 valence electrons. The van der Waals surface area contributed by atoms with Crippen molar-refractivity contribution in [1.29, 1.82) is 0 Å². The van der Waals surface area contributed by atoms with E-state index in [9.17, 15) is 5.11 Å². The number of phenolic OH excluding ortho intramolecular Hbond substituents is 1. The lowest BCUT2D eigenvalue weighted by atomic mass is 10.1. The zero-order chi connectivity index (χ0) is 19.3. The third-order valence-electron chi connectivity index (χ3n) is 3.81. The number of para-hydroxylation sites is 1. The highest BCUT2D eigenvalue weighted by Crippen LogP contribution is 2.27. The van der Waals surface area contributed by atoms with Crippen LogP contribution >= 0.6 is 0 Å². The van der Waals surface area contributed by atoms with Gasteiger partial charge in [0, 0.05) is 18.8 Å². The number of rotatable bonds is 7. The maximum Gasteiger partial charge on any atom is 0.123 e. The van der Waals surface area contributed by atoms with Crippen LogP contribution in [0, 0.1) is 0 Å². The number of benzene rings is 2. The number of epoxide rings is 2. The second-order valence-electron chi connectivity index (χ2n) is 6.11. The summed E-state index contributed by atoms with van der Waals surface area (Å²) in [6.07, 6.45) is 0.785. The molecule has 2 saturated heterocycles. The second kappa shape index (κ2) is 12.5. The average molecular weight is 374 g/mol. The molecule has 2 atom stereocenters. The summed E-state index contributed by atoms with van der Waals surface area (Å²) in [5.74, 6) is 0.328. The van der Waals surface area contributed by atoms with Crippen molar-refractivity contribution in [3.05, 3.63) is 54.6 Å². The molecule has 0 radical (unpaired) electrons. The Morgan fingerprint density at radius 1 is 0.815 bits per heavy atom. The van der Waals surface area contributed by atoms with Crippen LogP contribution in [-0.2, 0) is 18.9 Å². The van der Waals surface area contributed by atoms with Crippen LogP contribution in [0.2, 0.25) is 0 Å². The van der Waals surface area contributed by atoms with E-state index in [1.807, 2.05) is 62.4 Å². The number of phenols is 1. The van der Waals surface area contributed by atoms with Gasteiger partial charge in [0.05, 0.1) is 26.4 Å². The van der Waals surface area contributed by atoms with Crippen molar-refractivity contribution in [2.24, 2.45) is 0 Å². The van der Waals surface area contributed by atoms with Gasteiger partial charge in [0.25, 0.3) is 0 Å². The molecule has 2 aliphatic heterocycles. The molecule has 2 fully saturated rings. The molecule has 0 aliphatic carbocycles. The fraction of sp³-hybridized carbons (Fsp3) is 0.455. The molecule has 2 aromatic rings. The first kappa shape index (κ1) is 21.4. The summed E-state index contributed by atoms with van der Waals surface area (Å²) in [4.78, 5) is 0. The molecular formula is C22H30O5. The van der Waals surface area contributed by atoms with Crippen LogP contribution in [0.3, 0.4) is 0 Å². The molecule has 0 amide bonds. The van der Waals surface area contributed by atoms with Crippen LogP contribution in [0.25, 0.3) is 11.1 Å². The minimum absolute atomic E-state index is 0.328. The quantitative estimate of drug-likeness (QED) is 0.745. The van der Waals surface area contributed by atoms with Crippen LogP contribution in [0.1, 0.15) is 13.8 Å². The monoisotopic (exact) mass is 374 g/mol. The van der Waals surface area contributed by atoms with Crippen LogP contribution in [-0.4, -0.2) is 57.0 Å². The molecule has 0 bridgehead atoms. The SMILES string of the molecule is C(OCC1CO1)C1CO1.CCOCC.Oc1ccccc1-c1ccccc1. The molecule has 0 aromatic heterocycles. The Hall–Kier alpha value is -1.92. The highest BCUT2D eigenvalue weighted by atomic mass is 16.6. The smallest absolute Gasteiger partial charge is 0.123 e. The molecule has 2 aromatic carbocycles. The van der Waals surface area contributed by atoms with Gasteiger partial charge in [-0.05, 0) is 25.5 Å². The van der Waals surface area contributed by atoms with Crippen LogP contribution in [0.15, 0.2) is 54.6 Å². The molecule has 2 heterocycles. The van der Waals surface area contributed by atoms with Gasteiger partial charge in [-0.3, -0.25) is 0 Å². The van der Waals surface area contributed by atoms with Gasteiger partial charge in [0.2, 0.25) is 0 Å². The van der Waals surface area contributed by atoms with E-state index in [0.717, 1.165) is 50.8 Å². The first-order chi connectivity index (χ1) is 13.2. The van der Waals surface area contributed by atoms with E-state index >= 15 is 0 Å². The molecular weight excluding hydrogens is 344 g/mol. The number of hydrogen-bond donors (Lipinski definition) is 1. The largest absolute Gasteiger partial charge is 0.507 e. The van der Waals surface area contributed by atoms with E-state index < -0.39 is 0 Å². The first-order valence-corrected chi connectivity index (χ1v) is 9.46. The van der Waals surface area contributed by atoms with Gasteiger partial charge in [-0.15, -0.1) is 0 Å². The predicted molar refractivity (Wildman–Crippen MR) is 106 cm³/mol. The Labute approximate surface area is 161 Å². The van der Waals surface area contributed by atoms with Gasteiger partial charge in [-0.1, -0.05) is 48.5 Å². The summed E-state index contributed by atoms with van der Waals surface area (Å²) in [5, 5.41) is 9.56. The van der Waals surface area contributed by atoms with E-state index in [2.05, 4.69) is 0 Å². The number of hydrogen-bond acceptors (Lipinski definition) is 5. The van der Waals surface area contributed by atoms with Crippen molar-refractivity contribution in [3.8, 4) is 16.9 Å². The minimum atomic E-state index is 0.328. The zero-order valence-electron chi connectivity index (χ0n) is 16.2. The molecule has 2 aliphatic rings. The Morgan fingerprint density at radius 3 is 1.78 bits per heavy atom.